The molecule has 0 saturated carbocycles. The minimum atomic E-state index is -0.250. The molecule has 1 rings (SSSR count). The van der Waals surface area contributed by atoms with E-state index in [-0.39, 0.29) is 20.0 Å². The Balaban J connectivity index is -0.0000000832. The van der Waals surface area contributed by atoms with Gasteiger partial charge in [0.25, 0.3) is 6.47 Å². The molecule has 1 aliphatic heterocycles. The van der Waals surface area contributed by atoms with Gasteiger partial charge >= 0.3 is 0 Å². The van der Waals surface area contributed by atoms with Gasteiger partial charge < -0.3 is 15.5 Å². The van der Waals surface area contributed by atoms with E-state index in [1.54, 1.807) is 6.08 Å². The monoisotopic (exact) mass is 335 g/mol. The number of aliphatic hydroxyl groups is 1. The van der Waals surface area contributed by atoms with Crippen molar-refractivity contribution in [2.45, 2.75) is 93.7 Å². The van der Waals surface area contributed by atoms with E-state index in [1.165, 1.54) is 12.8 Å². The fourth-order valence-corrected chi connectivity index (χ4v) is 1.93. The molecule has 1 fully saturated rings. The smallest absolute Gasteiger partial charge is 0.290 e. The van der Waals surface area contributed by atoms with Crippen LogP contribution in [0.15, 0.2) is 12.7 Å². The van der Waals surface area contributed by atoms with Crippen LogP contribution in [-0.4, -0.2) is 35.4 Å². The quantitative estimate of drug-likeness (QED) is 0.493. The molecule has 0 aliphatic carbocycles. The summed E-state index contributed by atoms with van der Waals surface area (Å²) in [5, 5.41) is 19.9. The van der Waals surface area contributed by atoms with Crippen LogP contribution in [0, 0.1) is 5.92 Å². The highest BCUT2D eigenvalue weighted by Gasteiger charge is 2.18. The van der Waals surface area contributed by atoms with Crippen LogP contribution in [0.25, 0.3) is 0 Å². The molecule has 0 bridgehead atoms. The van der Waals surface area contributed by atoms with Crippen LogP contribution in [0.5, 0.6) is 0 Å². The van der Waals surface area contributed by atoms with E-state index in [4.69, 9.17) is 9.90 Å². The van der Waals surface area contributed by atoms with Crippen molar-refractivity contribution < 1.29 is 15.0 Å². The zero-order valence-corrected chi connectivity index (χ0v) is 15.9. The number of nitrogens with one attached hydrogen (secondary N) is 1. The second-order valence-electron chi connectivity index (χ2n) is 4.83. The molecule has 0 amide bonds. The highest BCUT2D eigenvalue weighted by Crippen LogP contribution is 2.15. The summed E-state index contributed by atoms with van der Waals surface area (Å²) in [5.41, 5.74) is 0. The van der Waals surface area contributed by atoms with E-state index < -0.39 is 0 Å². The molecule has 4 nitrogen and oxygen atoms in total. The molecule has 0 aromatic rings. The van der Waals surface area contributed by atoms with Gasteiger partial charge in [0.1, 0.15) is 0 Å². The summed E-state index contributed by atoms with van der Waals surface area (Å²) < 4.78 is 0. The molecule has 3 N–H and O–H groups in total. The van der Waals surface area contributed by atoms with Crippen molar-refractivity contribution in [2.75, 3.05) is 6.54 Å². The number of hydrogen-bond acceptors (Lipinski definition) is 3. The Labute approximate surface area is 146 Å². The van der Waals surface area contributed by atoms with Gasteiger partial charge in [0.05, 0.1) is 6.10 Å². The van der Waals surface area contributed by atoms with Gasteiger partial charge in [-0.15, -0.1) is 6.58 Å². The molecule has 4 heteroatoms. The van der Waals surface area contributed by atoms with Gasteiger partial charge in [0, 0.05) is 6.04 Å². The predicted molar refractivity (Wildman–Crippen MR) is 105 cm³/mol. The molecule has 1 saturated heterocycles. The lowest BCUT2D eigenvalue weighted by Gasteiger charge is -2.17. The molecular weight excluding hydrogens is 290 g/mol. The van der Waals surface area contributed by atoms with Gasteiger partial charge in [-0.3, -0.25) is 4.79 Å². The molecule has 0 spiro atoms. The second-order valence-corrected chi connectivity index (χ2v) is 4.83. The van der Waals surface area contributed by atoms with E-state index in [2.05, 4.69) is 25.7 Å². The molecule has 144 valence electrons. The maximum absolute atomic E-state index is 9.64. The van der Waals surface area contributed by atoms with Gasteiger partial charge in [-0.25, -0.2) is 0 Å². The van der Waals surface area contributed by atoms with Gasteiger partial charge in [-0.2, -0.15) is 0 Å². The van der Waals surface area contributed by atoms with Gasteiger partial charge in [0.2, 0.25) is 0 Å². The van der Waals surface area contributed by atoms with E-state index in [1.807, 2.05) is 34.6 Å². The van der Waals surface area contributed by atoms with E-state index in [0.29, 0.717) is 12.0 Å². The predicted octanol–water partition coefficient (Wildman–Crippen LogP) is 5.12. The number of carboxylic acid groups (broad SMARTS) is 1. The number of carbonyl (C=O) groups is 1. The zero-order valence-electron chi connectivity index (χ0n) is 15.9. The molecule has 1 aliphatic rings. The molecule has 1 heterocycles. The van der Waals surface area contributed by atoms with Crippen LogP contribution >= 0.6 is 0 Å². The number of rotatable bonds is 4. The largest absolute Gasteiger partial charge is 0.483 e. The number of allylic oxidation sites excluding steroid dienone is 1. The summed E-state index contributed by atoms with van der Waals surface area (Å²) in [4.78, 5) is 8.36. The highest BCUT2D eigenvalue weighted by molar-refractivity contribution is 5.32. The average Bonchev–Trinajstić information content (AvgIpc) is 2.97. The average molecular weight is 336 g/mol. The lowest BCUT2D eigenvalue weighted by molar-refractivity contribution is -0.122. The Morgan fingerprint density at radius 2 is 1.65 bits per heavy atom. The Morgan fingerprint density at radius 1 is 1.26 bits per heavy atom. The van der Waals surface area contributed by atoms with Crippen molar-refractivity contribution in [2.24, 2.45) is 5.92 Å². The van der Waals surface area contributed by atoms with Gasteiger partial charge in [0.15, 0.2) is 0 Å². The third-order valence-electron chi connectivity index (χ3n) is 2.46. The molecular formula is C19H45NO3. The maximum Gasteiger partial charge on any atom is 0.290 e. The molecule has 2 atom stereocenters. The van der Waals surface area contributed by atoms with Crippen molar-refractivity contribution in [1.82, 2.24) is 5.32 Å². The topological polar surface area (TPSA) is 69.6 Å². The summed E-state index contributed by atoms with van der Waals surface area (Å²) in [7, 11) is 0. The van der Waals surface area contributed by atoms with Crippen LogP contribution in [-0.2, 0) is 4.79 Å². The Kier molecular flexibility index (Phi) is 48.2. The van der Waals surface area contributed by atoms with Gasteiger partial charge in [-0.1, -0.05) is 55.0 Å². The lowest BCUT2D eigenvalue weighted by atomic mass is 9.99. The first-order valence-electron chi connectivity index (χ1n) is 8.58. The third kappa shape index (κ3) is 38.7. The van der Waals surface area contributed by atoms with Crippen molar-refractivity contribution in [3.63, 3.8) is 0 Å². The molecule has 0 radical (unpaired) electrons. The van der Waals surface area contributed by atoms with Crippen molar-refractivity contribution in [3.8, 4) is 0 Å². The third-order valence-corrected chi connectivity index (χ3v) is 2.46. The molecule has 0 aromatic heterocycles. The van der Waals surface area contributed by atoms with Gasteiger partial charge in [-0.05, 0) is 45.1 Å². The first kappa shape index (κ1) is 33.7. The van der Waals surface area contributed by atoms with E-state index in [0.717, 1.165) is 19.4 Å². The standard InChI is InChI=1S/C10H21NO.C3H6.2C2H6.CH2O2.CH4/c1-8(2)6-10(12)7-9-4-3-5-11-9;1-3-2;2*1-2;2-1-3;/h8-12H,3-7H2,1-2H3;3H,1H2,2H3;2*1-2H3;1H,(H,2,3);1H4. The summed E-state index contributed by atoms with van der Waals surface area (Å²) in [6, 6.07) is 0.582. The number of hydrogen-bond donors (Lipinski definition) is 3. The van der Waals surface area contributed by atoms with E-state index >= 15 is 0 Å². The van der Waals surface area contributed by atoms with Crippen LogP contribution in [0.2, 0.25) is 0 Å². The SMILES string of the molecule is C.C=CC.CC.CC.CC(C)CC(O)CC1CCCN1.O=CO. The Morgan fingerprint density at radius 3 is 1.91 bits per heavy atom. The molecule has 0 aromatic carbocycles. The van der Waals surface area contributed by atoms with Crippen LogP contribution in [0.1, 0.15) is 81.6 Å². The van der Waals surface area contributed by atoms with Crippen LogP contribution in [0.4, 0.5) is 0 Å². The first-order valence-corrected chi connectivity index (χ1v) is 8.58. The zero-order chi connectivity index (χ0) is 18.4. The Bertz CT molecular complexity index is 185. The second kappa shape index (κ2) is 32.9. The van der Waals surface area contributed by atoms with Crippen molar-refractivity contribution in [3.05, 3.63) is 12.7 Å². The highest BCUT2D eigenvalue weighted by atomic mass is 16.3. The lowest BCUT2D eigenvalue weighted by Crippen LogP contribution is -2.27. The number of aliphatic hydroxyl groups excluding tert-OH is 1. The molecule has 23 heavy (non-hydrogen) atoms. The molecule has 2 unspecified atom stereocenters. The summed E-state index contributed by atoms with van der Waals surface area (Å²) in [6.07, 6.45) is 6.06. The normalized spacial score (nSPS) is 15.4. The fourth-order valence-electron chi connectivity index (χ4n) is 1.93. The van der Waals surface area contributed by atoms with E-state index in [9.17, 15) is 5.11 Å². The minimum Gasteiger partial charge on any atom is -0.483 e. The maximum atomic E-state index is 9.64. The summed E-state index contributed by atoms with van der Waals surface area (Å²) in [6.45, 7) is 18.5. The van der Waals surface area contributed by atoms with Crippen molar-refractivity contribution in [1.29, 1.82) is 0 Å². The van der Waals surface area contributed by atoms with Crippen LogP contribution in [0.3, 0.4) is 0 Å². The minimum absolute atomic E-state index is 0. The van der Waals surface area contributed by atoms with Crippen molar-refractivity contribution >= 4 is 6.47 Å². The first-order chi connectivity index (χ1) is 10.5. The Hall–Kier alpha value is -0.870. The summed E-state index contributed by atoms with van der Waals surface area (Å²) in [5.74, 6) is 0.612. The fraction of sp³-hybridized carbons (Fsp3) is 0.842. The summed E-state index contributed by atoms with van der Waals surface area (Å²) >= 11 is 0. The van der Waals surface area contributed by atoms with Crippen LogP contribution < -0.4 is 5.32 Å².